The molecule has 1 amide bonds. The SMILES string of the molecule is CC(C)(C)OC(=O)N[C@H]1CCCC[C@@H]1NS(C)(=O)=O. The molecule has 19 heavy (non-hydrogen) atoms. The third-order valence-electron chi connectivity index (χ3n) is 2.83. The molecule has 0 bridgehead atoms. The smallest absolute Gasteiger partial charge is 0.407 e. The van der Waals surface area contributed by atoms with Gasteiger partial charge in [-0.1, -0.05) is 12.8 Å². The first-order valence-electron chi connectivity index (χ1n) is 6.54. The number of amides is 1. The van der Waals surface area contributed by atoms with Crippen LogP contribution in [0.4, 0.5) is 4.79 Å². The second-order valence-corrected chi connectivity index (χ2v) is 7.81. The van der Waals surface area contributed by atoms with Gasteiger partial charge < -0.3 is 10.1 Å². The van der Waals surface area contributed by atoms with Crippen molar-refractivity contribution in [3.05, 3.63) is 0 Å². The molecule has 1 rings (SSSR count). The van der Waals surface area contributed by atoms with Gasteiger partial charge in [0.1, 0.15) is 5.60 Å². The lowest BCUT2D eigenvalue weighted by Gasteiger charge is -2.32. The average Bonchev–Trinajstić information content (AvgIpc) is 2.15. The topological polar surface area (TPSA) is 84.5 Å². The summed E-state index contributed by atoms with van der Waals surface area (Å²) in [5.41, 5.74) is -0.557. The van der Waals surface area contributed by atoms with Gasteiger partial charge in [-0.3, -0.25) is 0 Å². The van der Waals surface area contributed by atoms with Crippen molar-refractivity contribution in [2.45, 2.75) is 64.1 Å². The van der Waals surface area contributed by atoms with Gasteiger partial charge in [-0.25, -0.2) is 17.9 Å². The minimum absolute atomic E-state index is 0.210. The van der Waals surface area contributed by atoms with E-state index >= 15 is 0 Å². The molecule has 0 radical (unpaired) electrons. The summed E-state index contributed by atoms with van der Waals surface area (Å²) < 4.78 is 30.4. The highest BCUT2D eigenvalue weighted by Gasteiger charge is 2.30. The second kappa shape index (κ2) is 6.09. The normalized spacial score (nSPS) is 24.8. The maximum Gasteiger partial charge on any atom is 0.407 e. The van der Waals surface area contributed by atoms with E-state index in [-0.39, 0.29) is 12.1 Å². The van der Waals surface area contributed by atoms with Crippen LogP contribution in [0.1, 0.15) is 46.5 Å². The zero-order valence-electron chi connectivity index (χ0n) is 12.0. The first-order chi connectivity index (χ1) is 8.57. The van der Waals surface area contributed by atoms with Crippen molar-refractivity contribution < 1.29 is 17.9 Å². The molecule has 7 heteroatoms. The van der Waals surface area contributed by atoms with Gasteiger partial charge in [0.2, 0.25) is 10.0 Å². The van der Waals surface area contributed by atoms with Crippen LogP contribution >= 0.6 is 0 Å². The first-order valence-corrected chi connectivity index (χ1v) is 8.43. The van der Waals surface area contributed by atoms with E-state index in [1.165, 1.54) is 0 Å². The Bertz CT molecular complexity index is 414. The molecule has 0 saturated heterocycles. The van der Waals surface area contributed by atoms with Crippen LogP contribution < -0.4 is 10.0 Å². The highest BCUT2D eigenvalue weighted by atomic mass is 32.2. The van der Waals surface area contributed by atoms with Crippen LogP contribution in [0.3, 0.4) is 0 Å². The average molecular weight is 292 g/mol. The molecule has 1 aliphatic rings. The van der Waals surface area contributed by atoms with Gasteiger partial charge in [-0.15, -0.1) is 0 Å². The molecule has 2 N–H and O–H groups in total. The predicted molar refractivity (Wildman–Crippen MR) is 73.4 cm³/mol. The maximum atomic E-state index is 11.7. The molecular weight excluding hydrogens is 268 g/mol. The molecule has 112 valence electrons. The van der Waals surface area contributed by atoms with Gasteiger partial charge in [-0.2, -0.15) is 0 Å². The monoisotopic (exact) mass is 292 g/mol. The Hall–Kier alpha value is -0.820. The van der Waals surface area contributed by atoms with Gasteiger partial charge in [-0.05, 0) is 33.6 Å². The number of alkyl carbamates (subject to hydrolysis) is 1. The highest BCUT2D eigenvalue weighted by molar-refractivity contribution is 7.88. The number of hydrogen-bond donors (Lipinski definition) is 2. The van der Waals surface area contributed by atoms with Crippen molar-refractivity contribution >= 4 is 16.1 Å². The fourth-order valence-corrected chi connectivity index (χ4v) is 3.01. The van der Waals surface area contributed by atoms with Crippen LogP contribution in [-0.4, -0.2) is 38.5 Å². The minimum atomic E-state index is -3.27. The van der Waals surface area contributed by atoms with Gasteiger partial charge in [0.05, 0.1) is 6.26 Å². The molecule has 0 aromatic heterocycles. The third kappa shape index (κ3) is 6.77. The fraction of sp³-hybridized carbons (Fsp3) is 0.917. The van der Waals surface area contributed by atoms with E-state index in [4.69, 9.17) is 4.74 Å². The zero-order valence-corrected chi connectivity index (χ0v) is 12.8. The lowest BCUT2D eigenvalue weighted by atomic mass is 9.91. The Morgan fingerprint density at radius 2 is 1.68 bits per heavy atom. The van der Waals surface area contributed by atoms with Crippen molar-refractivity contribution in [3.8, 4) is 0 Å². The Balaban J connectivity index is 2.60. The fourth-order valence-electron chi connectivity index (χ4n) is 2.18. The summed E-state index contributed by atoms with van der Waals surface area (Å²) in [6.45, 7) is 5.37. The number of ether oxygens (including phenoxy) is 1. The van der Waals surface area contributed by atoms with E-state index in [1.807, 2.05) is 0 Å². The van der Waals surface area contributed by atoms with Crippen LogP contribution in [0.2, 0.25) is 0 Å². The van der Waals surface area contributed by atoms with Crippen molar-refractivity contribution in [3.63, 3.8) is 0 Å². The standard InChI is InChI=1S/C12H24N2O4S/c1-12(2,3)18-11(15)13-9-7-5-6-8-10(9)14-19(4,16)17/h9-10,14H,5-8H2,1-4H3,(H,13,15)/t9-,10-/m0/s1. The molecule has 2 atom stereocenters. The lowest BCUT2D eigenvalue weighted by molar-refractivity contribution is 0.0483. The third-order valence-corrected chi connectivity index (χ3v) is 3.56. The molecular formula is C12H24N2O4S. The summed E-state index contributed by atoms with van der Waals surface area (Å²) in [5.74, 6) is 0. The molecule has 0 heterocycles. The molecule has 0 aliphatic heterocycles. The van der Waals surface area contributed by atoms with E-state index in [1.54, 1.807) is 20.8 Å². The Labute approximate surface area is 115 Å². The molecule has 0 spiro atoms. The number of carbonyl (C=O) groups excluding carboxylic acids is 1. The zero-order chi connectivity index (χ0) is 14.7. The molecule has 0 aromatic rings. The molecule has 1 aliphatic carbocycles. The van der Waals surface area contributed by atoms with Crippen LogP contribution in [-0.2, 0) is 14.8 Å². The minimum Gasteiger partial charge on any atom is -0.444 e. The Kier molecular flexibility index (Phi) is 5.20. The van der Waals surface area contributed by atoms with E-state index in [9.17, 15) is 13.2 Å². The largest absolute Gasteiger partial charge is 0.444 e. The van der Waals surface area contributed by atoms with E-state index < -0.39 is 21.7 Å². The molecule has 6 nitrogen and oxygen atoms in total. The van der Waals surface area contributed by atoms with Crippen LogP contribution in [0.25, 0.3) is 0 Å². The summed E-state index contributed by atoms with van der Waals surface area (Å²) in [6.07, 6.45) is 4.05. The molecule has 1 saturated carbocycles. The Morgan fingerprint density at radius 1 is 1.16 bits per heavy atom. The molecule has 0 unspecified atom stereocenters. The Morgan fingerprint density at radius 3 is 2.16 bits per heavy atom. The highest BCUT2D eigenvalue weighted by Crippen LogP contribution is 2.19. The van der Waals surface area contributed by atoms with E-state index in [0.717, 1.165) is 31.9 Å². The molecule has 0 aromatic carbocycles. The quantitative estimate of drug-likeness (QED) is 0.823. The summed E-state index contributed by atoms with van der Waals surface area (Å²) in [7, 11) is -3.27. The second-order valence-electron chi connectivity index (χ2n) is 6.03. The van der Waals surface area contributed by atoms with Crippen molar-refractivity contribution in [1.82, 2.24) is 10.0 Å². The number of carbonyl (C=O) groups is 1. The summed E-state index contributed by atoms with van der Waals surface area (Å²) in [4.78, 5) is 11.7. The summed E-state index contributed by atoms with van der Waals surface area (Å²) >= 11 is 0. The number of nitrogens with one attached hydrogen (secondary N) is 2. The van der Waals surface area contributed by atoms with E-state index in [2.05, 4.69) is 10.0 Å². The summed E-state index contributed by atoms with van der Waals surface area (Å²) in [5, 5.41) is 2.76. The van der Waals surface area contributed by atoms with Crippen LogP contribution in [0.5, 0.6) is 0 Å². The van der Waals surface area contributed by atoms with Crippen molar-refractivity contribution in [2.24, 2.45) is 0 Å². The van der Waals surface area contributed by atoms with Crippen LogP contribution in [0, 0.1) is 0 Å². The first kappa shape index (κ1) is 16.2. The lowest BCUT2D eigenvalue weighted by Crippen LogP contribution is -2.53. The molecule has 1 fully saturated rings. The van der Waals surface area contributed by atoms with Crippen molar-refractivity contribution in [2.75, 3.05) is 6.26 Å². The maximum absolute atomic E-state index is 11.7. The summed E-state index contributed by atoms with van der Waals surface area (Å²) in [6, 6.07) is -0.463. The van der Waals surface area contributed by atoms with Gasteiger partial charge in [0, 0.05) is 12.1 Å². The number of sulfonamides is 1. The van der Waals surface area contributed by atoms with Gasteiger partial charge >= 0.3 is 6.09 Å². The number of hydrogen-bond acceptors (Lipinski definition) is 4. The number of rotatable bonds is 3. The van der Waals surface area contributed by atoms with Crippen LogP contribution in [0.15, 0.2) is 0 Å². The van der Waals surface area contributed by atoms with E-state index in [0.29, 0.717) is 0 Å². The predicted octanol–water partition coefficient (Wildman–Crippen LogP) is 1.37. The van der Waals surface area contributed by atoms with Crippen molar-refractivity contribution in [1.29, 1.82) is 0 Å². The van der Waals surface area contributed by atoms with Gasteiger partial charge in [0.15, 0.2) is 0 Å². The van der Waals surface area contributed by atoms with Gasteiger partial charge in [0.25, 0.3) is 0 Å².